The number of allylic oxidation sites excluding steroid dienone is 1. The lowest BCUT2D eigenvalue weighted by molar-refractivity contribution is -0.146. The highest BCUT2D eigenvalue weighted by Gasteiger charge is 2.07. The molecule has 0 aliphatic rings. The molecular weight excluding hydrogens is 148 g/mol. The van der Waals surface area contributed by atoms with Crippen molar-refractivity contribution in [2.75, 3.05) is 6.61 Å². The fourth-order valence-electron chi connectivity index (χ4n) is 0.516. The van der Waals surface area contributed by atoms with Gasteiger partial charge >= 0.3 is 5.97 Å². The van der Waals surface area contributed by atoms with Crippen LogP contribution in [0.3, 0.4) is 0 Å². The van der Waals surface area contributed by atoms with Crippen molar-refractivity contribution < 1.29 is 19.4 Å². The largest absolute Gasteiger partial charge is 0.498 e. The van der Waals surface area contributed by atoms with Crippen molar-refractivity contribution in [2.24, 2.45) is 0 Å². The highest BCUT2D eigenvalue weighted by Crippen LogP contribution is 1.94. The van der Waals surface area contributed by atoms with Crippen LogP contribution in [-0.4, -0.2) is 23.5 Å². The average Bonchev–Trinajstić information content (AvgIpc) is 1.87. The van der Waals surface area contributed by atoms with E-state index in [4.69, 9.17) is 9.84 Å². The third kappa shape index (κ3) is 4.13. The van der Waals surface area contributed by atoms with E-state index in [1.54, 1.807) is 6.92 Å². The number of carbonyl (C=O) groups is 2. The number of ketones is 1. The van der Waals surface area contributed by atoms with Gasteiger partial charge in [0.05, 0.1) is 12.4 Å². The van der Waals surface area contributed by atoms with Crippen LogP contribution in [0.15, 0.2) is 11.8 Å². The van der Waals surface area contributed by atoms with Gasteiger partial charge in [0.2, 0.25) is 0 Å². The molecule has 4 heteroatoms. The minimum Gasteiger partial charge on any atom is -0.498 e. The minimum absolute atomic E-state index is 0.319. The third-order valence-electron chi connectivity index (χ3n) is 0.917. The van der Waals surface area contributed by atoms with E-state index < -0.39 is 11.8 Å². The van der Waals surface area contributed by atoms with E-state index in [0.717, 1.165) is 6.08 Å². The molecule has 0 radical (unpaired) electrons. The maximum atomic E-state index is 10.5. The van der Waals surface area contributed by atoms with Crippen LogP contribution < -0.4 is 0 Å². The Kier molecular flexibility index (Phi) is 3.95. The lowest BCUT2D eigenvalue weighted by atomic mass is 10.3. The fraction of sp³-hybridized carbons (Fsp3) is 0.429. The number of carboxylic acids is 1. The van der Waals surface area contributed by atoms with Gasteiger partial charge in [-0.3, -0.25) is 4.79 Å². The molecule has 0 saturated heterocycles. The number of hydrogen-bond acceptors (Lipinski definition) is 3. The predicted molar refractivity (Wildman–Crippen MR) is 38.0 cm³/mol. The molecule has 0 unspecified atom stereocenters. The van der Waals surface area contributed by atoms with Crippen LogP contribution in [0.4, 0.5) is 0 Å². The van der Waals surface area contributed by atoms with Gasteiger partial charge in [-0.2, -0.15) is 0 Å². The van der Waals surface area contributed by atoms with Crippen molar-refractivity contribution in [3.05, 3.63) is 11.8 Å². The van der Waals surface area contributed by atoms with Gasteiger partial charge in [0.25, 0.3) is 5.78 Å². The molecular formula is C7H10O4. The van der Waals surface area contributed by atoms with E-state index in [2.05, 4.69) is 0 Å². The molecule has 0 aromatic rings. The zero-order chi connectivity index (χ0) is 8.85. The monoisotopic (exact) mass is 158 g/mol. The lowest BCUT2D eigenvalue weighted by Gasteiger charge is -1.99. The van der Waals surface area contributed by atoms with Crippen LogP contribution in [0.1, 0.15) is 13.8 Å². The second-order valence-electron chi connectivity index (χ2n) is 1.86. The van der Waals surface area contributed by atoms with Crippen LogP contribution >= 0.6 is 0 Å². The summed E-state index contributed by atoms with van der Waals surface area (Å²) < 4.78 is 4.84. The number of aliphatic carboxylic acids is 1. The summed E-state index contributed by atoms with van der Waals surface area (Å²) in [6, 6.07) is 0. The average molecular weight is 158 g/mol. The Morgan fingerprint density at radius 2 is 2.09 bits per heavy atom. The molecule has 4 nitrogen and oxygen atoms in total. The van der Waals surface area contributed by atoms with Gasteiger partial charge in [-0.15, -0.1) is 0 Å². The number of carbonyl (C=O) groups excluding carboxylic acids is 1. The van der Waals surface area contributed by atoms with Crippen LogP contribution in [0, 0.1) is 0 Å². The van der Waals surface area contributed by atoms with Gasteiger partial charge in [-0.25, -0.2) is 4.79 Å². The van der Waals surface area contributed by atoms with Crippen molar-refractivity contribution in [2.45, 2.75) is 13.8 Å². The molecule has 0 fully saturated rings. The van der Waals surface area contributed by atoms with Crippen LogP contribution in [0.2, 0.25) is 0 Å². The first kappa shape index (κ1) is 9.68. The molecule has 0 spiro atoms. The quantitative estimate of drug-likeness (QED) is 0.369. The first-order valence-corrected chi connectivity index (χ1v) is 3.16. The van der Waals surface area contributed by atoms with Crippen molar-refractivity contribution in [3.63, 3.8) is 0 Å². The number of hydrogen-bond donors (Lipinski definition) is 1. The van der Waals surface area contributed by atoms with E-state index in [1.807, 2.05) is 0 Å². The van der Waals surface area contributed by atoms with Gasteiger partial charge in [-0.05, 0) is 13.8 Å². The van der Waals surface area contributed by atoms with E-state index in [0.29, 0.717) is 12.4 Å². The summed E-state index contributed by atoms with van der Waals surface area (Å²) in [4.78, 5) is 20.5. The normalized spacial score (nSPS) is 10.9. The van der Waals surface area contributed by atoms with Gasteiger partial charge < -0.3 is 9.84 Å². The Labute approximate surface area is 64.5 Å². The van der Waals surface area contributed by atoms with E-state index in [9.17, 15) is 9.59 Å². The van der Waals surface area contributed by atoms with Gasteiger partial charge in [0.1, 0.15) is 0 Å². The van der Waals surface area contributed by atoms with E-state index in [-0.39, 0.29) is 0 Å². The molecule has 0 atom stereocenters. The van der Waals surface area contributed by atoms with Crippen molar-refractivity contribution in [1.29, 1.82) is 0 Å². The summed E-state index contributed by atoms with van der Waals surface area (Å²) in [5.74, 6) is -2.11. The number of carboxylic acid groups (broad SMARTS) is 1. The second-order valence-corrected chi connectivity index (χ2v) is 1.86. The van der Waals surface area contributed by atoms with E-state index in [1.165, 1.54) is 6.92 Å². The SMILES string of the molecule is CCOC(C)=CC(=O)C(=O)O. The van der Waals surface area contributed by atoms with Crippen molar-refractivity contribution in [3.8, 4) is 0 Å². The molecule has 0 aliphatic heterocycles. The first-order chi connectivity index (χ1) is 5.07. The third-order valence-corrected chi connectivity index (χ3v) is 0.917. The van der Waals surface area contributed by atoms with E-state index >= 15 is 0 Å². The highest BCUT2D eigenvalue weighted by atomic mass is 16.5. The van der Waals surface area contributed by atoms with Crippen LogP contribution in [0.25, 0.3) is 0 Å². The maximum absolute atomic E-state index is 10.5. The first-order valence-electron chi connectivity index (χ1n) is 3.16. The molecule has 1 N–H and O–H groups in total. The molecule has 0 aliphatic carbocycles. The van der Waals surface area contributed by atoms with Gasteiger partial charge in [-0.1, -0.05) is 0 Å². The Hall–Kier alpha value is -1.32. The van der Waals surface area contributed by atoms with Gasteiger partial charge in [0.15, 0.2) is 0 Å². The molecule has 11 heavy (non-hydrogen) atoms. The van der Waals surface area contributed by atoms with Crippen LogP contribution in [0.5, 0.6) is 0 Å². The Morgan fingerprint density at radius 3 is 2.45 bits per heavy atom. The smallest absolute Gasteiger partial charge is 0.376 e. The summed E-state index contributed by atoms with van der Waals surface area (Å²) >= 11 is 0. The summed E-state index contributed by atoms with van der Waals surface area (Å²) in [6.45, 7) is 3.71. The number of ether oxygens (including phenoxy) is 1. The second kappa shape index (κ2) is 4.49. The fourth-order valence-corrected chi connectivity index (χ4v) is 0.516. The van der Waals surface area contributed by atoms with Crippen LogP contribution in [-0.2, 0) is 14.3 Å². The standard InChI is InChI=1S/C7H10O4/c1-3-11-5(2)4-6(8)7(9)10/h4H,3H2,1-2H3,(H,9,10). The summed E-state index contributed by atoms with van der Waals surface area (Å²) in [5, 5.41) is 8.15. The lowest BCUT2D eigenvalue weighted by Crippen LogP contribution is -2.09. The number of rotatable bonds is 4. The molecule has 0 amide bonds. The summed E-state index contributed by atoms with van der Waals surface area (Å²) in [6.07, 6.45) is 0.950. The zero-order valence-electron chi connectivity index (χ0n) is 6.46. The topological polar surface area (TPSA) is 63.6 Å². The molecule has 0 saturated carbocycles. The Bertz CT molecular complexity index is 193. The highest BCUT2D eigenvalue weighted by molar-refractivity contribution is 6.37. The van der Waals surface area contributed by atoms with Crippen molar-refractivity contribution in [1.82, 2.24) is 0 Å². The molecule has 0 aromatic carbocycles. The molecule has 0 heterocycles. The Balaban J connectivity index is 4.08. The molecule has 62 valence electrons. The molecule has 0 bridgehead atoms. The summed E-state index contributed by atoms with van der Waals surface area (Å²) in [7, 11) is 0. The maximum Gasteiger partial charge on any atom is 0.376 e. The summed E-state index contributed by atoms with van der Waals surface area (Å²) in [5.41, 5.74) is 0. The molecule has 0 aromatic heterocycles. The Morgan fingerprint density at radius 1 is 1.55 bits per heavy atom. The van der Waals surface area contributed by atoms with Gasteiger partial charge in [0, 0.05) is 6.08 Å². The minimum atomic E-state index is -1.47. The zero-order valence-corrected chi connectivity index (χ0v) is 6.46. The predicted octanol–water partition coefficient (Wildman–Crippen LogP) is 0.580. The molecule has 0 rings (SSSR count). The van der Waals surface area contributed by atoms with Crippen molar-refractivity contribution >= 4 is 11.8 Å².